The van der Waals surface area contributed by atoms with E-state index in [1.807, 2.05) is 6.07 Å². The highest BCUT2D eigenvalue weighted by molar-refractivity contribution is 6.35. The number of ether oxygens (including phenoxy) is 1. The Labute approximate surface area is 178 Å². The standard InChI is InChI=1S/C21H15ClF3N3O3/c1-12-19(29)28(14-5-7-15(8-6-14)31-21(23,24)25)20(30)27(12)11-13-9-10-26-18-16(13)3-2-4-17(18)22/h2-10,29H,11H2,1H3. The lowest BCUT2D eigenvalue weighted by atomic mass is 10.1. The van der Waals surface area contributed by atoms with Crippen molar-refractivity contribution in [1.82, 2.24) is 14.1 Å². The first kappa shape index (κ1) is 20.8. The van der Waals surface area contributed by atoms with Gasteiger partial charge in [-0.05, 0) is 48.9 Å². The third-order valence-corrected chi connectivity index (χ3v) is 5.14. The van der Waals surface area contributed by atoms with Crippen molar-refractivity contribution >= 4 is 22.5 Å². The molecule has 10 heteroatoms. The van der Waals surface area contributed by atoms with Gasteiger partial charge in [0.15, 0.2) is 0 Å². The van der Waals surface area contributed by atoms with Crippen molar-refractivity contribution in [2.75, 3.05) is 0 Å². The fraction of sp³-hybridized carbons (Fsp3) is 0.143. The normalized spacial score (nSPS) is 11.8. The molecular formula is C21H15ClF3N3O3. The van der Waals surface area contributed by atoms with Crippen molar-refractivity contribution in [2.45, 2.75) is 19.8 Å². The van der Waals surface area contributed by atoms with Gasteiger partial charge in [-0.15, -0.1) is 13.2 Å². The summed E-state index contributed by atoms with van der Waals surface area (Å²) in [5, 5.41) is 11.8. The predicted octanol–water partition coefficient (Wildman–Crippen LogP) is 4.80. The summed E-state index contributed by atoms with van der Waals surface area (Å²) in [6, 6.07) is 11.7. The van der Waals surface area contributed by atoms with Crippen LogP contribution < -0.4 is 10.4 Å². The van der Waals surface area contributed by atoms with E-state index >= 15 is 0 Å². The molecule has 2 aromatic carbocycles. The Bertz CT molecular complexity index is 1330. The lowest BCUT2D eigenvalue weighted by Crippen LogP contribution is -2.24. The Morgan fingerprint density at radius 1 is 1.13 bits per heavy atom. The molecule has 0 amide bonds. The van der Waals surface area contributed by atoms with E-state index in [9.17, 15) is 23.1 Å². The van der Waals surface area contributed by atoms with Crippen LogP contribution in [0.1, 0.15) is 11.3 Å². The molecule has 160 valence electrons. The number of aromatic nitrogens is 3. The van der Waals surface area contributed by atoms with Crippen molar-refractivity contribution in [3.8, 4) is 17.3 Å². The van der Waals surface area contributed by atoms with Crippen LogP contribution in [-0.2, 0) is 6.54 Å². The number of hydrogen-bond donors (Lipinski definition) is 1. The number of rotatable bonds is 4. The predicted molar refractivity (Wildman–Crippen MR) is 109 cm³/mol. The van der Waals surface area contributed by atoms with Crippen LogP contribution in [0.4, 0.5) is 13.2 Å². The van der Waals surface area contributed by atoms with Crippen molar-refractivity contribution in [3.05, 3.63) is 81.5 Å². The Morgan fingerprint density at radius 2 is 1.84 bits per heavy atom. The molecule has 0 fully saturated rings. The first-order valence-corrected chi connectivity index (χ1v) is 9.43. The molecule has 31 heavy (non-hydrogen) atoms. The van der Waals surface area contributed by atoms with Crippen molar-refractivity contribution in [2.24, 2.45) is 0 Å². The van der Waals surface area contributed by atoms with Crippen LogP contribution in [0.2, 0.25) is 5.02 Å². The molecule has 0 saturated carbocycles. The van der Waals surface area contributed by atoms with E-state index in [2.05, 4.69) is 9.72 Å². The first-order chi connectivity index (χ1) is 14.7. The molecular weight excluding hydrogens is 435 g/mol. The number of hydrogen-bond acceptors (Lipinski definition) is 4. The monoisotopic (exact) mass is 449 g/mol. The number of para-hydroxylation sites is 1. The first-order valence-electron chi connectivity index (χ1n) is 9.05. The minimum absolute atomic E-state index is 0.139. The molecule has 4 rings (SSSR count). The summed E-state index contributed by atoms with van der Waals surface area (Å²) in [4.78, 5) is 17.3. The van der Waals surface area contributed by atoms with E-state index in [1.54, 1.807) is 31.3 Å². The second-order valence-corrected chi connectivity index (χ2v) is 7.17. The highest BCUT2D eigenvalue weighted by Gasteiger charge is 2.31. The van der Waals surface area contributed by atoms with Crippen LogP contribution in [0.5, 0.6) is 11.6 Å². The molecule has 0 radical (unpaired) electrons. The number of benzene rings is 2. The van der Waals surface area contributed by atoms with Crippen LogP contribution in [0.15, 0.2) is 59.5 Å². The molecule has 4 aromatic rings. The molecule has 0 aliphatic heterocycles. The van der Waals surface area contributed by atoms with E-state index < -0.39 is 17.8 Å². The number of pyridine rings is 1. The van der Waals surface area contributed by atoms with Gasteiger partial charge >= 0.3 is 12.1 Å². The van der Waals surface area contributed by atoms with Gasteiger partial charge in [-0.2, -0.15) is 0 Å². The van der Waals surface area contributed by atoms with E-state index in [0.717, 1.165) is 27.6 Å². The zero-order chi connectivity index (χ0) is 22.3. The summed E-state index contributed by atoms with van der Waals surface area (Å²) in [6.07, 6.45) is -3.24. The summed E-state index contributed by atoms with van der Waals surface area (Å²) < 4.78 is 43.3. The van der Waals surface area contributed by atoms with Gasteiger partial charge in [0, 0.05) is 11.6 Å². The van der Waals surface area contributed by atoms with Gasteiger partial charge in [0.25, 0.3) is 0 Å². The Balaban J connectivity index is 1.74. The summed E-state index contributed by atoms with van der Waals surface area (Å²) >= 11 is 6.20. The Morgan fingerprint density at radius 3 is 2.52 bits per heavy atom. The van der Waals surface area contributed by atoms with E-state index in [1.165, 1.54) is 16.7 Å². The van der Waals surface area contributed by atoms with Gasteiger partial charge in [-0.1, -0.05) is 23.7 Å². The van der Waals surface area contributed by atoms with Crippen molar-refractivity contribution < 1.29 is 23.0 Å². The maximum atomic E-state index is 13.0. The zero-order valence-electron chi connectivity index (χ0n) is 16.0. The van der Waals surface area contributed by atoms with Crippen LogP contribution in [-0.4, -0.2) is 25.6 Å². The maximum absolute atomic E-state index is 13.0. The minimum Gasteiger partial charge on any atom is -0.493 e. The van der Waals surface area contributed by atoms with Gasteiger partial charge in [-0.3, -0.25) is 9.55 Å². The summed E-state index contributed by atoms with van der Waals surface area (Å²) in [5.41, 5.74) is 1.31. The number of fused-ring (bicyclic) bond motifs is 1. The van der Waals surface area contributed by atoms with Crippen molar-refractivity contribution in [3.63, 3.8) is 0 Å². The Hall–Kier alpha value is -3.46. The molecule has 0 bridgehead atoms. The van der Waals surface area contributed by atoms with Gasteiger partial charge in [0.1, 0.15) is 5.75 Å². The van der Waals surface area contributed by atoms with Gasteiger partial charge in [0.05, 0.1) is 28.5 Å². The molecule has 0 atom stereocenters. The molecule has 0 aliphatic carbocycles. The van der Waals surface area contributed by atoms with E-state index in [-0.39, 0.29) is 18.1 Å². The Kier molecular flexibility index (Phi) is 5.14. The lowest BCUT2D eigenvalue weighted by molar-refractivity contribution is -0.274. The summed E-state index contributed by atoms with van der Waals surface area (Å²) in [5.74, 6) is -0.744. The van der Waals surface area contributed by atoms with Crippen LogP contribution in [0.25, 0.3) is 16.6 Å². The second kappa shape index (κ2) is 7.66. The fourth-order valence-electron chi connectivity index (χ4n) is 3.36. The highest BCUT2D eigenvalue weighted by Crippen LogP contribution is 2.27. The van der Waals surface area contributed by atoms with Gasteiger partial charge in [-0.25, -0.2) is 9.36 Å². The van der Waals surface area contributed by atoms with Crippen LogP contribution >= 0.6 is 11.6 Å². The smallest absolute Gasteiger partial charge is 0.493 e. The quantitative estimate of drug-likeness (QED) is 0.486. The van der Waals surface area contributed by atoms with Crippen LogP contribution in [0.3, 0.4) is 0 Å². The fourth-order valence-corrected chi connectivity index (χ4v) is 3.58. The number of halogens is 4. The number of aromatic hydroxyl groups is 1. The van der Waals surface area contributed by atoms with Crippen molar-refractivity contribution in [1.29, 1.82) is 0 Å². The van der Waals surface area contributed by atoms with E-state index in [0.29, 0.717) is 16.2 Å². The molecule has 0 aliphatic rings. The van der Waals surface area contributed by atoms with Gasteiger partial charge in [0.2, 0.25) is 5.88 Å². The topological polar surface area (TPSA) is 69.3 Å². The molecule has 0 spiro atoms. The van der Waals surface area contributed by atoms with Crippen LogP contribution in [0, 0.1) is 6.92 Å². The molecule has 2 aromatic heterocycles. The maximum Gasteiger partial charge on any atom is 0.573 e. The second-order valence-electron chi connectivity index (χ2n) is 6.76. The summed E-state index contributed by atoms with van der Waals surface area (Å²) in [7, 11) is 0. The SMILES string of the molecule is Cc1c(O)n(-c2ccc(OC(F)(F)F)cc2)c(=O)n1Cc1ccnc2c(Cl)cccc12. The molecule has 0 saturated heterocycles. The largest absolute Gasteiger partial charge is 0.573 e. The average molecular weight is 450 g/mol. The highest BCUT2D eigenvalue weighted by atomic mass is 35.5. The third kappa shape index (κ3) is 3.96. The lowest BCUT2D eigenvalue weighted by Gasteiger charge is -2.09. The third-order valence-electron chi connectivity index (χ3n) is 4.83. The summed E-state index contributed by atoms with van der Waals surface area (Å²) in [6.45, 7) is 1.71. The molecule has 1 N–H and O–H groups in total. The van der Waals surface area contributed by atoms with E-state index in [4.69, 9.17) is 11.6 Å². The number of imidazole rings is 1. The molecule has 2 heterocycles. The number of alkyl halides is 3. The van der Waals surface area contributed by atoms with Gasteiger partial charge < -0.3 is 9.84 Å². The minimum atomic E-state index is -4.82. The average Bonchev–Trinajstić information content (AvgIpc) is 2.92. The zero-order valence-corrected chi connectivity index (χ0v) is 16.8. The molecule has 0 unspecified atom stereocenters. The number of nitrogens with zero attached hydrogens (tertiary/aromatic N) is 3. The molecule has 6 nitrogen and oxygen atoms in total.